The maximum Gasteiger partial charge on any atom is 2.00 e. The molecule has 0 fully saturated rings. The molecule has 0 saturated carbocycles. The van der Waals surface area contributed by atoms with E-state index in [9.17, 15) is 0 Å². The molecule has 0 saturated heterocycles. The topological polar surface area (TPSA) is 9.23 Å². The molecule has 0 spiro atoms. The first-order valence-electron chi connectivity index (χ1n) is 16.1. The number of rotatable bonds is 23. The van der Waals surface area contributed by atoms with E-state index in [1.165, 1.54) is 140 Å². The molecule has 0 atom stereocenters. The summed E-state index contributed by atoms with van der Waals surface area (Å²) in [6, 6.07) is 20.8. The Bertz CT molecular complexity index is 624. The predicted molar refractivity (Wildman–Crippen MR) is 174 cm³/mol. The fourth-order valence-electron chi connectivity index (χ4n) is 4.75. The van der Waals surface area contributed by atoms with Crippen LogP contribution in [0.3, 0.4) is 0 Å². The van der Waals surface area contributed by atoms with Crippen LogP contribution in [0.2, 0.25) is 0 Å². The fourth-order valence-corrected chi connectivity index (χ4v) is 4.75. The monoisotopic (exact) mass is 534 g/mol. The minimum absolute atomic E-state index is 0. The Labute approximate surface area is 257 Å². The fraction of sp³-hybridized carbons (Fsp3) is 0.667. The molecule has 0 aliphatic heterocycles. The van der Waals surface area contributed by atoms with Crippen molar-refractivity contribution >= 4 is 23.1 Å². The van der Waals surface area contributed by atoms with Gasteiger partial charge in [-0.1, -0.05) is 190 Å². The molecule has 2 aromatic carbocycles. The molecular formula is C36H62MgO. The van der Waals surface area contributed by atoms with Gasteiger partial charge in [-0.3, -0.25) is 0 Å². The van der Waals surface area contributed by atoms with Crippen molar-refractivity contribution in [3.63, 3.8) is 0 Å². The largest absolute Gasteiger partial charge is 2.00 e. The zero-order chi connectivity index (χ0) is 26.5. The smallest absolute Gasteiger partial charge is 1.00 e. The van der Waals surface area contributed by atoms with Crippen molar-refractivity contribution in [2.75, 3.05) is 13.2 Å². The Morgan fingerprint density at radius 1 is 0.395 bits per heavy atom. The van der Waals surface area contributed by atoms with Gasteiger partial charge < -0.3 is 7.59 Å². The molecule has 0 unspecified atom stereocenters. The second kappa shape index (κ2) is 30.7. The van der Waals surface area contributed by atoms with Gasteiger partial charge in [0.05, 0.1) is 0 Å². The van der Waals surface area contributed by atoms with Crippen molar-refractivity contribution in [1.29, 1.82) is 0 Å². The average Bonchev–Trinajstić information content (AvgIpc) is 2.95. The first-order valence-corrected chi connectivity index (χ1v) is 16.1. The maximum atomic E-state index is 5.78. The molecule has 2 rings (SSSR count). The van der Waals surface area contributed by atoms with E-state index >= 15 is 0 Å². The molecule has 2 heteroatoms. The molecule has 0 aliphatic rings. The molecule has 1 nitrogen and oxygen atoms in total. The predicted octanol–water partition coefficient (Wildman–Crippen LogP) is 12.0. The zero-order valence-corrected chi connectivity index (χ0v) is 26.9. The van der Waals surface area contributed by atoms with Crippen molar-refractivity contribution in [2.24, 2.45) is 0 Å². The average molecular weight is 535 g/mol. The number of unbranched alkanes of at least 4 members (excludes halogenated alkanes) is 18. The van der Waals surface area contributed by atoms with E-state index in [1.54, 1.807) is 0 Å². The summed E-state index contributed by atoms with van der Waals surface area (Å²) >= 11 is 0. The summed E-state index contributed by atoms with van der Waals surface area (Å²) in [5.74, 6) is 0. The third kappa shape index (κ3) is 24.2. The van der Waals surface area contributed by atoms with Crippen LogP contribution in [0.25, 0.3) is 11.1 Å². The first kappa shape index (κ1) is 37.2. The molecule has 0 bridgehead atoms. The SMILES string of the molecule is CCCCCCCCCCCCOCCCCCCCCCCCC.[H-].[H-].[Mg+2].c1ccc(-c2ccccc2)cc1. The van der Waals surface area contributed by atoms with Crippen molar-refractivity contribution in [3.8, 4) is 11.1 Å². The van der Waals surface area contributed by atoms with E-state index in [4.69, 9.17) is 4.74 Å². The summed E-state index contributed by atoms with van der Waals surface area (Å²) in [5, 5.41) is 0. The van der Waals surface area contributed by atoms with Gasteiger partial charge in [0.1, 0.15) is 0 Å². The molecule has 38 heavy (non-hydrogen) atoms. The van der Waals surface area contributed by atoms with E-state index in [2.05, 4.69) is 62.4 Å². The number of hydrogen-bond acceptors (Lipinski definition) is 1. The van der Waals surface area contributed by atoms with Crippen LogP contribution in [-0.4, -0.2) is 36.3 Å². The van der Waals surface area contributed by atoms with Gasteiger partial charge in [0.25, 0.3) is 0 Å². The summed E-state index contributed by atoms with van der Waals surface area (Å²) < 4.78 is 5.78. The van der Waals surface area contributed by atoms with Crippen LogP contribution < -0.4 is 0 Å². The van der Waals surface area contributed by atoms with Gasteiger partial charge >= 0.3 is 23.1 Å². The quantitative estimate of drug-likeness (QED) is 0.102. The van der Waals surface area contributed by atoms with E-state index in [0.717, 1.165) is 13.2 Å². The number of hydrogen-bond donors (Lipinski definition) is 0. The van der Waals surface area contributed by atoms with Crippen LogP contribution >= 0.6 is 0 Å². The van der Waals surface area contributed by atoms with Crippen LogP contribution in [0.5, 0.6) is 0 Å². The minimum atomic E-state index is 0. The van der Waals surface area contributed by atoms with Crippen LogP contribution in [0.4, 0.5) is 0 Å². The number of benzene rings is 2. The van der Waals surface area contributed by atoms with Gasteiger partial charge in [-0.05, 0) is 24.0 Å². The normalized spacial score (nSPS) is 10.5. The Balaban J connectivity index is -0.000000764. The van der Waals surface area contributed by atoms with E-state index in [-0.39, 0.29) is 25.9 Å². The van der Waals surface area contributed by atoms with Crippen LogP contribution in [0.1, 0.15) is 145 Å². The molecule has 0 aliphatic carbocycles. The van der Waals surface area contributed by atoms with E-state index in [1.807, 2.05) is 12.1 Å². The Morgan fingerprint density at radius 3 is 0.947 bits per heavy atom. The summed E-state index contributed by atoms with van der Waals surface area (Å²) in [7, 11) is 0. The molecule has 214 valence electrons. The Hall–Kier alpha value is -0.834. The minimum Gasteiger partial charge on any atom is -1.00 e. The zero-order valence-electron chi connectivity index (χ0n) is 27.4. The molecule has 0 N–H and O–H groups in total. The molecular weight excluding hydrogens is 473 g/mol. The second-order valence-electron chi connectivity index (χ2n) is 10.7. The summed E-state index contributed by atoms with van der Waals surface area (Å²) in [4.78, 5) is 0. The van der Waals surface area contributed by atoms with Crippen molar-refractivity contribution in [3.05, 3.63) is 60.7 Å². The van der Waals surface area contributed by atoms with Crippen LogP contribution in [0.15, 0.2) is 60.7 Å². The van der Waals surface area contributed by atoms with E-state index in [0.29, 0.717) is 0 Å². The number of ether oxygens (including phenoxy) is 1. The first-order chi connectivity index (χ1) is 18.4. The summed E-state index contributed by atoms with van der Waals surface area (Å²) in [6.45, 7) is 6.57. The standard InChI is InChI=1S/C24H50O.C12H10.Mg.2H/c1-3-5-7-9-11-13-15-17-19-21-23-25-24-22-20-18-16-14-12-10-8-6-4-2;1-3-7-11(8-4-1)12-9-5-2-6-10-12;;;/h3-24H2,1-2H3;1-10H;;;/q;;+2;2*-1. The Morgan fingerprint density at radius 2 is 0.658 bits per heavy atom. The third-order valence-electron chi connectivity index (χ3n) is 7.17. The maximum absolute atomic E-state index is 5.78. The summed E-state index contributed by atoms with van der Waals surface area (Å²) in [5.41, 5.74) is 2.55. The van der Waals surface area contributed by atoms with Crippen LogP contribution in [0, 0.1) is 0 Å². The second-order valence-corrected chi connectivity index (χ2v) is 10.7. The summed E-state index contributed by atoms with van der Waals surface area (Å²) in [6.07, 6.45) is 28.2. The van der Waals surface area contributed by atoms with Gasteiger partial charge in [-0.2, -0.15) is 0 Å². The third-order valence-corrected chi connectivity index (χ3v) is 7.17. The molecule has 0 heterocycles. The van der Waals surface area contributed by atoms with Gasteiger partial charge in [0.15, 0.2) is 0 Å². The van der Waals surface area contributed by atoms with Crippen molar-refractivity contribution < 1.29 is 7.59 Å². The van der Waals surface area contributed by atoms with Crippen molar-refractivity contribution in [1.82, 2.24) is 0 Å². The van der Waals surface area contributed by atoms with Crippen molar-refractivity contribution in [2.45, 2.75) is 142 Å². The molecule has 0 radical (unpaired) electrons. The molecule has 2 aromatic rings. The van der Waals surface area contributed by atoms with Crippen LogP contribution in [-0.2, 0) is 4.74 Å². The van der Waals surface area contributed by atoms with E-state index < -0.39 is 0 Å². The molecule has 0 aromatic heterocycles. The van der Waals surface area contributed by atoms with Gasteiger partial charge in [0, 0.05) is 13.2 Å². The Kier molecular flexibility index (Phi) is 30.0. The molecule has 0 amide bonds. The van der Waals surface area contributed by atoms with Gasteiger partial charge in [-0.15, -0.1) is 0 Å². The van der Waals surface area contributed by atoms with Gasteiger partial charge in [-0.25, -0.2) is 0 Å². The van der Waals surface area contributed by atoms with Gasteiger partial charge in [0.2, 0.25) is 0 Å².